The smallest absolute Gasteiger partial charge is 0.267 e. The van der Waals surface area contributed by atoms with Gasteiger partial charge in [0.05, 0.1) is 10.7 Å². The number of hydrogen-bond acceptors (Lipinski definition) is 5. The first-order valence-electron chi connectivity index (χ1n) is 7.50. The molecule has 5 N–H and O–H groups in total. The van der Waals surface area contributed by atoms with E-state index in [-0.39, 0.29) is 11.5 Å². The fourth-order valence-electron chi connectivity index (χ4n) is 1.96. The van der Waals surface area contributed by atoms with Crippen LogP contribution < -0.4 is 21.7 Å². The van der Waals surface area contributed by atoms with Gasteiger partial charge in [-0.25, -0.2) is 0 Å². The molecule has 0 bridgehead atoms. The minimum atomic E-state index is -0.575. The van der Waals surface area contributed by atoms with Crippen molar-refractivity contribution in [3.63, 3.8) is 0 Å². The Morgan fingerprint density at radius 1 is 1.08 bits per heavy atom. The molecule has 0 atom stereocenters. The number of amides is 2. The number of nitriles is 1. The van der Waals surface area contributed by atoms with Gasteiger partial charge in [0.15, 0.2) is 0 Å². The van der Waals surface area contributed by atoms with Crippen LogP contribution in [0.3, 0.4) is 0 Å². The molecule has 0 aliphatic carbocycles. The molecule has 2 amide bonds. The lowest BCUT2D eigenvalue weighted by Crippen LogP contribution is -2.14. The average molecular weight is 370 g/mol. The van der Waals surface area contributed by atoms with Crippen molar-refractivity contribution < 1.29 is 9.59 Å². The number of nitrogens with zero attached hydrogens (tertiary/aromatic N) is 1. The lowest BCUT2D eigenvalue weighted by atomic mass is 10.2. The van der Waals surface area contributed by atoms with Gasteiger partial charge in [-0.3, -0.25) is 9.59 Å². The van der Waals surface area contributed by atoms with E-state index in [4.69, 9.17) is 17.3 Å². The van der Waals surface area contributed by atoms with Crippen molar-refractivity contribution in [3.05, 3.63) is 59.3 Å². The number of nitrogens with two attached hydrogens (primary N) is 1. The molecule has 0 radical (unpaired) electrons. The van der Waals surface area contributed by atoms with Gasteiger partial charge in [0, 0.05) is 30.2 Å². The second-order valence-corrected chi connectivity index (χ2v) is 5.67. The molecule has 0 spiro atoms. The Morgan fingerprint density at radius 2 is 1.65 bits per heavy atom. The zero-order valence-electron chi connectivity index (χ0n) is 13.8. The molecule has 132 valence electrons. The summed E-state index contributed by atoms with van der Waals surface area (Å²) in [5.41, 5.74) is 7.62. The zero-order chi connectivity index (χ0) is 19.1. The summed E-state index contributed by atoms with van der Waals surface area (Å²) in [6.07, 6.45) is 1.28. The summed E-state index contributed by atoms with van der Waals surface area (Å²) >= 11 is 5.92. The molecule has 0 fully saturated rings. The molecule has 0 saturated heterocycles. The number of nitrogens with one attached hydrogen (secondary N) is 3. The number of halogens is 1. The molecule has 0 aliphatic heterocycles. The van der Waals surface area contributed by atoms with Crippen LogP contribution >= 0.6 is 11.6 Å². The highest BCUT2D eigenvalue weighted by Crippen LogP contribution is 2.22. The summed E-state index contributed by atoms with van der Waals surface area (Å²) in [6.45, 7) is 1.40. The highest BCUT2D eigenvalue weighted by atomic mass is 35.5. The number of carbonyl (C=O) groups excluding carboxylic acids is 2. The fourth-order valence-corrected chi connectivity index (χ4v) is 2.14. The summed E-state index contributed by atoms with van der Waals surface area (Å²) in [5, 5.41) is 17.6. The maximum atomic E-state index is 12.2. The van der Waals surface area contributed by atoms with Crippen LogP contribution in [0.15, 0.2) is 54.2 Å². The Morgan fingerprint density at radius 3 is 2.19 bits per heavy atom. The van der Waals surface area contributed by atoms with Crippen LogP contribution in [-0.4, -0.2) is 11.8 Å². The third-order valence-electron chi connectivity index (χ3n) is 3.21. The van der Waals surface area contributed by atoms with Crippen LogP contribution in [0.1, 0.15) is 6.92 Å². The quantitative estimate of drug-likeness (QED) is 0.366. The molecule has 2 aromatic rings. The first-order chi connectivity index (χ1) is 12.4. The number of nitrogen functional groups attached to an aromatic ring is 1. The fraction of sp³-hybridized carbons (Fsp3) is 0.0556. The SMILES string of the molecule is CC(=O)Nc1ccc(NC(=O)/C(C#N)=C\Nc2ccc(N)c(Cl)c2)cc1. The molecule has 0 heterocycles. The van der Waals surface area contributed by atoms with Crippen molar-refractivity contribution in [1.82, 2.24) is 0 Å². The van der Waals surface area contributed by atoms with E-state index in [0.29, 0.717) is 27.8 Å². The van der Waals surface area contributed by atoms with Crippen molar-refractivity contribution in [2.75, 3.05) is 21.7 Å². The Kier molecular flexibility index (Phi) is 6.20. The van der Waals surface area contributed by atoms with Crippen LogP contribution in [0.5, 0.6) is 0 Å². The van der Waals surface area contributed by atoms with Gasteiger partial charge in [-0.2, -0.15) is 5.26 Å². The van der Waals surface area contributed by atoms with Crippen LogP contribution in [0, 0.1) is 11.3 Å². The van der Waals surface area contributed by atoms with Gasteiger partial charge in [-0.1, -0.05) is 11.6 Å². The largest absolute Gasteiger partial charge is 0.398 e. The van der Waals surface area contributed by atoms with Gasteiger partial charge in [0.25, 0.3) is 5.91 Å². The molecular weight excluding hydrogens is 354 g/mol. The third-order valence-corrected chi connectivity index (χ3v) is 3.54. The predicted octanol–water partition coefficient (Wildman–Crippen LogP) is 3.34. The predicted molar refractivity (Wildman–Crippen MR) is 103 cm³/mol. The van der Waals surface area contributed by atoms with E-state index in [1.54, 1.807) is 42.5 Å². The number of rotatable bonds is 5. The molecule has 0 aromatic heterocycles. The van der Waals surface area contributed by atoms with Gasteiger partial charge in [-0.05, 0) is 42.5 Å². The lowest BCUT2D eigenvalue weighted by Gasteiger charge is -2.07. The van der Waals surface area contributed by atoms with Gasteiger partial charge < -0.3 is 21.7 Å². The summed E-state index contributed by atoms with van der Waals surface area (Å²) in [6, 6.07) is 13.2. The van der Waals surface area contributed by atoms with Gasteiger partial charge in [0.1, 0.15) is 11.6 Å². The van der Waals surface area contributed by atoms with E-state index < -0.39 is 5.91 Å². The number of benzene rings is 2. The standard InChI is InChI=1S/C18H16ClN5O2/c1-11(25)23-13-2-4-14(5-3-13)24-18(26)12(9-20)10-22-15-6-7-17(21)16(19)8-15/h2-8,10,22H,21H2,1H3,(H,23,25)(H,24,26)/b12-10-. The van der Waals surface area contributed by atoms with Crippen LogP contribution in [0.2, 0.25) is 5.02 Å². The van der Waals surface area contributed by atoms with Gasteiger partial charge in [-0.15, -0.1) is 0 Å². The molecular formula is C18H16ClN5O2. The normalized spacial score (nSPS) is 10.6. The first kappa shape index (κ1) is 18.8. The minimum Gasteiger partial charge on any atom is -0.398 e. The Labute approximate surface area is 155 Å². The van der Waals surface area contributed by atoms with Crippen molar-refractivity contribution in [2.24, 2.45) is 0 Å². The number of anilines is 4. The Balaban J connectivity index is 2.04. The summed E-state index contributed by atoms with van der Waals surface area (Å²) in [5.74, 6) is -0.765. The third kappa shape index (κ3) is 5.26. The maximum Gasteiger partial charge on any atom is 0.267 e. The van der Waals surface area contributed by atoms with E-state index in [9.17, 15) is 14.9 Å². The van der Waals surface area contributed by atoms with Crippen molar-refractivity contribution in [1.29, 1.82) is 5.26 Å². The van der Waals surface area contributed by atoms with Crippen molar-refractivity contribution in [3.8, 4) is 6.07 Å². The molecule has 7 nitrogen and oxygen atoms in total. The Hall–Kier alpha value is -3.50. The summed E-state index contributed by atoms with van der Waals surface area (Å²) < 4.78 is 0. The zero-order valence-corrected chi connectivity index (χ0v) is 14.6. The molecule has 2 aromatic carbocycles. The molecule has 0 unspecified atom stereocenters. The van der Waals surface area contributed by atoms with Gasteiger partial charge in [0.2, 0.25) is 5.91 Å². The molecule has 0 saturated carbocycles. The van der Waals surface area contributed by atoms with Crippen LogP contribution in [0.4, 0.5) is 22.7 Å². The molecule has 0 aliphatic rings. The number of hydrogen-bond donors (Lipinski definition) is 4. The second-order valence-electron chi connectivity index (χ2n) is 5.26. The van der Waals surface area contributed by atoms with Gasteiger partial charge >= 0.3 is 0 Å². The van der Waals surface area contributed by atoms with Crippen LogP contribution in [-0.2, 0) is 9.59 Å². The van der Waals surface area contributed by atoms with E-state index in [1.165, 1.54) is 13.1 Å². The molecule has 2 rings (SSSR count). The Bertz CT molecular complexity index is 901. The monoisotopic (exact) mass is 369 g/mol. The molecule has 26 heavy (non-hydrogen) atoms. The first-order valence-corrected chi connectivity index (χ1v) is 7.87. The summed E-state index contributed by atoms with van der Waals surface area (Å²) in [7, 11) is 0. The van der Waals surface area contributed by atoms with Crippen LogP contribution in [0.25, 0.3) is 0 Å². The van der Waals surface area contributed by atoms with Crippen molar-refractivity contribution in [2.45, 2.75) is 6.92 Å². The molecule has 8 heteroatoms. The number of carbonyl (C=O) groups is 2. The van der Waals surface area contributed by atoms with E-state index >= 15 is 0 Å². The lowest BCUT2D eigenvalue weighted by molar-refractivity contribution is -0.114. The topological polar surface area (TPSA) is 120 Å². The minimum absolute atomic E-state index is 0.121. The highest BCUT2D eigenvalue weighted by molar-refractivity contribution is 6.33. The second kappa shape index (κ2) is 8.55. The maximum absolute atomic E-state index is 12.2. The summed E-state index contributed by atoms with van der Waals surface area (Å²) in [4.78, 5) is 23.2. The van der Waals surface area contributed by atoms with E-state index in [0.717, 1.165) is 0 Å². The van der Waals surface area contributed by atoms with E-state index in [2.05, 4.69) is 16.0 Å². The van der Waals surface area contributed by atoms with Crippen molar-refractivity contribution >= 4 is 46.2 Å². The van der Waals surface area contributed by atoms with E-state index in [1.807, 2.05) is 6.07 Å². The highest BCUT2D eigenvalue weighted by Gasteiger charge is 2.09. The average Bonchev–Trinajstić information content (AvgIpc) is 2.60.